The Hall–Kier alpha value is -0.970. The lowest BCUT2D eigenvalue weighted by molar-refractivity contribution is 0.0430. The maximum Gasteiger partial charge on any atom is 0.231 e. The van der Waals surface area contributed by atoms with Gasteiger partial charge in [0.2, 0.25) is 6.79 Å². The van der Waals surface area contributed by atoms with Crippen molar-refractivity contribution < 1.29 is 14.6 Å². The van der Waals surface area contributed by atoms with E-state index in [1.54, 1.807) is 0 Å². The van der Waals surface area contributed by atoms with Gasteiger partial charge in [0.25, 0.3) is 0 Å². The van der Waals surface area contributed by atoms with Crippen LogP contribution in [0.5, 0.6) is 11.5 Å². The van der Waals surface area contributed by atoms with Crippen molar-refractivity contribution in [3.8, 4) is 11.5 Å². The Bertz CT molecular complexity index is 446. The number of benzene rings is 1. The summed E-state index contributed by atoms with van der Waals surface area (Å²) in [6.07, 6.45) is 1.74. The van der Waals surface area contributed by atoms with Gasteiger partial charge in [0, 0.05) is 6.54 Å². The molecule has 0 saturated heterocycles. The Balaban J connectivity index is 1.55. The van der Waals surface area contributed by atoms with Gasteiger partial charge in [-0.1, -0.05) is 11.6 Å². The average Bonchev–Trinajstić information content (AvgIpc) is 2.75. The third-order valence-electron chi connectivity index (χ3n) is 3.46. The molecular weight excluding hydrogens is 254 g/mol. The number of fused-ring (bicyclic) bond motifs is 1. The highest BCUT2D eigenvalue weighted by atomic mass is 35.5. The standard InChI is InChI=1S/C13H16ClNO3/c14-11-3-9(4-12-13(11)18-7-17-12)6-15-5-8-1-10(16)2-8/h3-4,8,10,15-16H,1-2,5-7H2. The van der Waals surface area contributed by atoms with E-state index in [1.807, 2.05) is 12.1 Å². The van der Waals surface area contributed by atoms with Crippen LogP contribution >= 0.6 is 11.6 Å². The second kappa shape index (κ2) is 4.96. The van der Waals surface area contributed by atoms with E-state index in [1.165, 1.54) is 0 Å². The highest BCUT2D eigenvalue weighted by Gasteiger charge is 2.26. The molecule has 0 spiro atoms. The molecular formula is C13H16ClNO3. The zero-order valence-corrected chi connectivity index (χ0v) is 10.7. The number of aliphatic hydroxyl groups is 1. The van der Waals surface area contributed by atoms with Gasteiger partial charge in [-0.3, -0.25) is 0 Å². The smallest absolute Gasteiger partial charge is 0.231 e. The summed E-state index contributed by atoms with van der Waals surface area (Å²) in [5.41, 5.74) is 1.09. The molecule has 2 N–H and O–H groups in total. The van der Waals surface area contributed by atoms with Gasteiger partial charge in [-0.25, -0.2) is 0 Å². The van der Waals surface area contributed by atoms with Crippen molar-refractivity contribution in [2.75, 3.05) is 13.3 Å². The number of hydrogen-bond donors (Lipinski definition) is 2. The molecule has 1 fully saturated rings. The first-order valence-electron chi connectivity index (χ1n) is 6.19. The predicted molar refractivity (Wildman–Crippen MR) is 68.0 cm³/mol. The van der Waals surface area contributed by atoms with Crippen molar-refractivity contribution in [3.63, 3.8) is 0 Å². The lowest BCUT2D eigenvalue weighted by Crippen LogP contribution is -2.35. The zero-order chi connectivity index (χ0) is 12.5. The Morgan fingerprint density at radius 1 is 1.33 bits per heavy atom. The lowest BCUT2D eigenvalue weighted by atomic mass is 9.82. The minimum atomic E-state index is -0.0863. The monoisotopic (exact) mass is 269 g/mol. The third kappa shape index (κ3) is 2.41. The van der Waals surface area contributed by atoms with Crippen molar-refractivity contribution in [1.29, 1.82) is 0 Å². The summed E-state index contributed by atoms with van der Waals surface area (Å²) in [5, 5.41) is 13.2. The molecule has 0 bridgehead atoms. The largest absolute Gasteiger partial charge is 0.454 e. The molecule has 1 aromatic carbocycles. The highest BCUT2D eigenvalue weighted by molar-refractivity contribution is 6.32. The molecule has 1 aromatic rings. The van der Waals surface area contributed by atoms with Crippen LogP contribution in [-0.4, -0.2) is 24.5 Å². The molecule has 2 aliphatic rings. The van der Waals surface area contributed by atoms with E-state index in [4.69, 9.17) is 21.1 Å². The van der Waals surface area contributed by atoms with E-state index >= 15 is 0 Å². The van der Waals surface area contributed by atoms with Gasteiger partial charge in [-0.05, 0) is 43.0 Å². The van der Waals surface area contributed by atoms with E-state index in [0.717, 1.165) is 37.2 Å². The number of hydrogen-bond acceptors (Lipinski definition) is 4. The summed E-state index contributed by atoms with van der Waals surface area (Å²) in [5.74, 6) is 1.96. The topological polar surface area (TPSA) is 50.7 Å². The fourth-order valence-corrected chi connectivity index (χ4v) is 2.70. The summed E-state index contributed by atoms with van der Waals surface area (Å²) in [4.78, 5) is 0. The fourth-order valence-electron chi connectivity index (χ4n) is 2.41. The number of aliphatic hydroxyl groups excluding tert-OH is 1. The van der Waals surface area contributed by atoms with Crippen LogP contribution in [0.25, 0.3) is 0 Å². The summed E-state index contributed by atoms with van der Waals surface area (Å²) in [6.45, 7) is 1.93. The second-order valence-electron chi connectivity index (χ2n) is 4.93. The second-order valence-corrected chi connectivity index (χ2v) is 5.34. The molecule has 1 saturated carbocycles. The summed E-state index contributed by atoms with van der Waals surface area (Å²) >= 11 is 6.11. The Kier molecular flexibility index (Phi) is 3.33. The minimum Gasteiger partial charge on any atom is -0.454 e. The van der Waals surface area contributed by atoms with Crippen molar-refractivity contribution in [3.05, 3.63) is 22.7 Å². The van der Waals surface area contributed by atoms with Gasteiger partial charge >= 0.3 is 0 Å². The summed E-state index contributed by atoms with van der Waals surface area (Å²) in [6, 6.07) is 3.86. The summed E-state index contributed by atoms with van der Waals surface area (Å²) in [7, 11) is 0. The van der Waals surface area contributed by atoms with Crippen LogP contribution in [-0.2, 0) is 6.54 Å². The van der Waals surface area contributed by atoms with Crippen LogP contribution in [0.4, 0.5) is 0 Å². The van der Waals surface area contributed by atoms with E-state index in [-0.39, 0.29) is 12.9 Å². The van der Waals surface area contributed by atoms with Gasteiger partial charge < -0.3 is 19.9 Å². The van der Waals surface area contributed by atoms with Crippen LogP contribution in [0.15, 0.2) is 12.1 Å². The molecule has 3 rings (SSSR count). The first-order chi connectivity index (χ1) is 8.72. The van der Waals surface area contributed by atoms with Crippen molar-refractivity contribution in [1.82, 2.24) is 5.32 Å². The van der Waals surface area contributed by atoms with Crippen molar-refractivity contribution in [2.24, 2.45) is 5.92 Å². The molecule has 1 aliphatic heterocycles. The SMILES string of the molecule is OC1CC(CNCc2cc(Cl)c3c(c2)OCO3)C1. The Morgan fingerprint density at radius 2 is 2.17 bits per heavy atom. The van der Waals surface area contributed by atoms with Gasteiger partial charge in [0.1, 0.15) is 0 Å². The quantitative estimate of drug-likeness (QED) is 0.877. The van der Waals surface area contributed by atoms with Crippen LogP contribution in [0, 0.1) is 5.92 Å². The molecule has 4 nitrogen and oxygen atoms in total. The van der Waals surface area contributed by atoms with Gasteiger partial charge in [-0.2, -0.15) is 0 Å². The number of halogens is 1. The van der Waals surface area contributed by atoms with E-state index < -0.39 is 0 Å². The molecule has 18 heavy (non-hydrogen) atoms. The maximum absolute atomic E-state index is 9.20. The van der Waals surface area contributed by atoms with Crippen molar-refractivity contribution in [2.45, 2.75) is 25.5 Å². The Labute approximate surface area is 111 Å². The van der Waals surface area contributed by atoms with Gasteiger partial charge in [0.05, 0.1) is 11.1 Å². The van der Waals surface area contributed by atoms with E-state index in [0.29, 0.717) is 16.7 Å². The van der Waals surface area contributed by atoms with Crippen molar-refractivity contribution >= 4 is 11.6 Å². The number of nitrogens with one attached hydrogen (secondary N) is 1. The fraction of sp³-hybridized carbons (Fsp3) is 0.538. The predicted octanol–water partition coefficient (Wildman–Crippen LogP) is 1.93. The molecule has 0 unspecified atom stereocenters. The summed E-state index contributed by atoms with van der Waals surface area (Å²) < 4.78 is 10.6. The molecule has 0 amide bonds. The average molecular weight is 270 g/mol. The molecule has 0 radical (unpaired) electrons. The molecule has 1 aliphatic carbocycles. The first-order valence-corrected chi connectivity index (χ1v) is 6.57. The van der Waals surface area contributed by atoms with E-state index in [2.05, 4.69) is 5.32 Å². The molecule has 98 valence electrons. The van der Waals surface area contributed by atoms with Gasteiger partial charge in [0.15, 0.2) is 11.5 Å². The third-order valence-corrected chi connectivity index (χ3v) is 3.74. The molecule has 0 aromatic heterocycles. The highest BCUT2D eigenvalue weighted by Crippen LogP contribution is 2.39. The molecule has 5 heteroatoms. The number of rotatable bonds is 4. The van der Waals surface area contributed by atoms with Crippen LogP contribution in [0.1, 0.15) is 18.4 Å². The van der Waals surface area contributed by atoms with Crippen LogP contribution in [0.2, 0.25) is 5.02 Å². The molecule has 0 atom stereocenters. The normalized spacial score (nSPS) is 25.0. The lowest BCUT2D eigenvalue weighted by Gasteiger charge is -2.31. The first kappa shape index (κ1) is 12.1. The molecule has 1 heterocycles. The number of ether oxygens (including phenoxy) is 2. The van der Waals surface area contributed by atoms with E-state index in [9.17, 15) is 5.11 Å². The minimum absolute atomic E-state index is 0.0863. The zero-order valence-electron chi connectivity index (χ0n) is 9.99. The van der Waals surface area contributed by atoms with Gasteiger partial charge in [-0.15, -0.1) is 0 Å². The van der Waals surface area contributed by atoms with Crippen LogP contribution in [0.3, 0.4) is 0 Å². The van der Waals surface area contributed by atoms with Crippen LogP contribution < -0.4 is 14.8 Å². The Morgan fingerprint density at radius 3 is 2.94 bits per heavy atom. The maximum atomic E-state index is 9.20.